The van der Waals surface area contributed by atoms with Gasteiger partial charge in [0.2, 0.25) is 0 Å². The minimum Gasteiger partial charge on any atom is -0.467 e. The number of hydroxylamine groups is 2. The van der Waals surface area contributed by atoms with Gasteiger partial charge in [-0.3, -0.25) is 0 Å². The molecule has 0 rings (SSSR count). The zero-order valence-electron chi connectivity index (χ0n) is 5.94. The van der Waals surface area contributed by atoms with E-state index >= 15 is 0 Å². The lowest BCUT2D eigenvalue weighted by Crippen LogP contribution is -2.33. The summed E-state index contributed by atoms with van der Waals surface area (Å²) >= 11 is 0. The molecule has 0 aliphatic carbocycles. The molecule has 0 aliphatic rings. The number of rotatable bonds is 3. The lowest BCUT2D eigenvalue weighted by molar-refractivity contribution is -0.158. The maximum atomic E-state index is 10.4. The van der Waals surface area contributed by atoms with Gasteiger partial charge in [0.05, 0.1) is 13.7 Å². The molecule has 1 unspecified atom stereocenters. The average Bonchev–Trinajstić information content (AvgIpc) is 1.85. The summed E-state index contributed by atoms with van der Waals surface area (Å²) in [5.74, 6) is -0.749. The summed E-state index contributed by atoms with van der Waals surface area (Å²) in [4.78, 5) is 10.4. The van der Waals surface area contributed by atoms with Crippen molar-refractivity contribution in [2.24, 2.45) is 0 Å². The van der Waals surface area contributed by atoms with Crippen molar-refractivity contribution in [3.63, 3.8) is 0 Å². The number of hydrogen-bond acceptors (Lipinski definition) is 5. The lowest BCUT2D eigenvalue weighted by atomic mass is 10.3. The number of aliphatic hydroxyl groups excluding tert-OH is 1. The molecule has 2 N–H and O–H groups in total. The monoisotopic (exact) mass is 149 g/mol. The first-order valence-corrected chi connectivity index (χ1v) is 2.74. The second-order valence-electron chi connectivity index (χ2n) is 1.88. The topological polar surface area (TPSA) is 70.0 Å². The van der Waals surface area contributed by atoms with Crippen LogP contribution in [0.15, 0.2) is 0 Å². The van der Waals surface area contributed by atoms with Crippen LogP contribution in [0.3, 0.4) is 0 Å². The Labute approximate surface area is 58.8 Å². The molecule has 0 saturated carbocycles. The number of aliphatic hydroxyl groups is 1. The van der Waals surface area contributed by atoms with Gasteiger partial charge in [-0.2, -0.15) is 5.06 Å². The van der Waals surface area contributed by atoms with E-state index in [1.807, 2.05) is 0 Å². The summed E-state index contributed by atoms with van der Waals surface area (Å²) in [7, 11) is 2.50. The van der Waals surface area contributed by atoms with Gasteiger partial charge in [0.25, 0.3) is 0 Å². The highest BCUT2D eigenvalue weighted by atomic mass is 16.5. The van der Waals surface area contributed by atoms with Crippen LogP contribution in [0, 0.1) is 0 Å². The van der Waals surface area contributed by atoms with Crippen LogP contribution in [0.1, 0.15) is 0 Å². The van der Waals surface area contributed by atoms with Gasteiger partial charge in [-0.25, -0.2) is 4.79 Å². The molecule has 0 aromatic carbocycles. The molecule has 5 nitrogen and oxygen atoms in total. The number of likely N-dealkylation sites (N-methyl/N-ethyl adjacent to an activating group) is 1. The van der Waals surface area contributed by atoms with E-state index in [0.29, 0.717) is 5.06 Å². The normalized spacial score (nSPS) is 13.3. The summed E-state index contributed by atoms with van der Waals surface area (Å²) in [6.45, 7) is -0.146. The zero-order chi connectivity index (χ0) is 8.15. The first-order chi connectivity index (χ1) is 4.57. The van der Waals surface area contributed by atoms with Gasteiger partial charge < -0.3 is 15.1 Å². The van der Waals surface area contributed by atoms with E-state index in [2.05, 4.69) is 4.74 Å². The number of nitrogens with zero attached hydrogens (tertiary/aromatic N) is 1. The van der Waals surface area contributed by atoms with E-state index < -0.39 is 12.1 Å². The Morgan fingerprint density at radius 2 is 2.30 bits per heavy atom. The highest BCUT2D eigenvalue weighted by molar-refractivity contribution is 5.74. The van der Waals surface area contributed by atoms with Crippen LogP contribution < -0.4 is 0 Å². The molecule has 60 valence electrons. The molecule has 0 bridgehead atoms. The van der Waals surface area contributed by atoms with E-state index in [1.165, 1.54) is 14.2 Å². The molecule has 5 heteroatoms. The van der Waals surface area contributed by atoms with Crippen LogP contribution in [-0.4, -0.2) is 48.2 Å². The van der Waals surface area contributed by atoms with Gasteiger partial charge in [-0.1, -0.05) is 0 Å². The fourth-order valence-corrected chi connectivity index (χ4v) is 0.461. The molecule has 0 heterocycles. The Morgan fingerprint density at radius 3 is 2.60 bits per heavy atom. The molecule has 0 saturated heterocycles. The third kappa shape index (κ3) is 3.39. The molecule has 10 heavy (non-hydrogen) atoms. The predicted octanol–water partition coefficient (Wildman–Crippen LogP) is -1.16. The summed E-state index contributed by atoms with van der Waals surface area (Å²) < 4.78 is 4.19. The van der Waals surface area contributed by atoms with Gasteiger partial charge in [-0.05, 0) is 0 Å². The van der Waals surface area contributed by atoms with Gasteiger partial charge in [0, 0.05) is 7.05 Å². The molecule has 0 fully saturated rings. The van der Waals surface area contributed by atoms with E-state index in [9.17, 15) is 4.79 Å². The molecular formula is C5H11NO4. The standard InChI is InChI=1S/C5H11NO4/c1-6(9)3-4(7)5(8)10-2/h4,7,9H,3H2,1-2H3. The van der Waals surface area contributed by atoms with Gasteiger partial charge in [0.15, 0.2) is 6.10 Å². The maximum absolute atomic E-state index is 10.4. The van der Waals surface area contributed by atoms with Crippen molar-refractivity contribution >= 4 is 5.97 Å². The van der Waals surface area contributed by atoms with Crippen molar-refractivity contribution in [2.45, 2.75) is 6.10 Å². The molecular weight excluding hydrogens is 138 g/mol. The summed E-state index contributed by atoms with van der Waals surface area (Å²) in [6, 6.07) is 0. The number of esters is 1. The van der Waals surface area contributed by atoms with E-state index in [4.69, 9.17) is 10.3 Å². The average molecular weight is 149 g/mol. The van der Waals surface area contributed by atoms with Crippen molar-refractivity contribution in [3.8, 4) is 0 Å². The highest BCUT2D eigenvalue weighted by Crippen LogP contribution is 1.87. The second-order valence-corrected chi connectivity index (χ2v) is 1.88. The van der Waals surface area contributed by atoms with Crippen molar-refractivity contribution in [1.29, 1.82) is 0 Å². The largest absolute Gasteiger partial charge is 0.467 e. The van der Waals surface area contributed by atoms with Gasteiger partial charge in [-0.15, -0.1) is 0 Å². The van der Waals surface area contributed by atoms with Crippen LogP contribution in [0.25, 0.3) is 0 Å². The van der Waals surface area contributed by atoms with Gasteiger partial charge in [0.1, 0.15) is 0 Å². The minimum atomic E-state index is -1.28. The Morgan fingerprint density at radius 1 is 1.80 bits per heavy atom. The fourth-order valence-electron chi connectivity index (χ4n) is 0.461. The minimum absolute atomic E-state index is 0.146. The van der Waals surface area contributed by atoms with E-state index in [1.54, 1.807) is 0 Å². The van der Waals surface area contributed by atoms with Crippen LogP contribution in [-0.2, 0) is 9.53 Å². The summed E-state index contributed by atoms with van der Waals surface area (Å²) in [5, 5.41) is 18.1. The van der Waals surface area contributed by atoms with E-state index in [0.717, 1.165) is 0 Å². The number of hydrogen-bond donors (Lipinski definition) is 2. The number of carbonyl (C=O) groups excluding carboxylic acids is 1. The third-order valence-corrected chi connectivity index (χ3v) is 0.910. The maximum Gasteiger partial charge on any atom is 0.336 e. The highest BCUT2D eigenvalue weighted by Gasteiger charge is 2.15. The van der Waals surface area contributed by atoms with Gasteiger partial charge >= 0.3 is 5.97 Å². The predicted molar refractivity (Wildman–Crippen MR) is 32.4 cm³/mol. The van der Waals surface area contributed by atoms with Crippen molar-refractivity contribution in [2.75, 3.05) is 20.7 Å². The molecule has 0 radical (unpaired) electrons. The Hall–Kier alpha value is -0.650. The van der Waals surface area contributed by atoms with Crippen LogP contribution in [0.4, 0.5) is 0 Å². The van der Waals surface area contributed by atoms with Crippen LogP contribution >= 0.6 is 0 Å². The molecule has 1 atom stereocenters. The number of carbonyl (C=O) groups is 1. The molecule has 0 aliphatic heterocycles. The van der Waals surface area contributed by atoms with Crippen LogP contribution in [0.2, 0.25) is 0 Å². The molecule has 0 spiro atoms. The molecule has 0 amide bonds. The molecule has 0 aromatic heterocycles. The first kappa shape index (κ1) is 9.35. The quantitative estimate of drug-likeness (QED) is 0.391. The number of methoxy groups -OCH3 is 1. The number of ether oxygens (including phenoxy) is 1. The third-order valence-electron chi connectivity index (χ3n) is 0.910. The fraction of sp³-hybridized carbons (Fsp3) is 0.800. The van der Waals surface area contributed by atoms with E-state index in [-0.39, 0.29) is 6.54 Å². The van der Waals surface area contributed by atoms with Crippen molar-refractivity contribution in [3.05, 3.63) is 0 Å². The Balaban J connectivity index is 3.61. The Kier molecular flexibility index (Phi) is 3.94. The van der Waals surface area contributed by atoms with Crippen molar-refractivity contribution in [1.82, 2.24) is 5.06 Å². The van der Waals surface area contributed by atoms with Crippen molar-refractivity contribution < 1.29 is 19.8 Å². The second kappa shape index (κ2) is 4.21. The summed E-state index contributed by atoms with van der Waals surface area (Å²) in [6.07, 6.45) is -1.28. The lowest BCUT2D eigenvalue weighted by Gasteiger charge is -2.11. The zero-order valence-corrected chi connectivity index (χ0v) is 5.94. The van der Waals surface area contributed by atoms with Crippen LogP contribution in [0.5, 0.6) is 0 Å². The SMILES string of the molecule is COC(=O)C(O)CN(C)O. The smallest absolute Gasteiger partial charge is 0.336 e. The first-order valence-electron chi connectivity index (χ1n) is 2.74. The summed E-state index contributed by atoms with van der Waals surface area (Å²) in [5.41, 5.74) is 0. The Bertz CT molecular complexity index is 114. The molecule has 0 aromatic rings.